The van der Waals surface area contributed by atoms with Gasteiger partial charge in [-0.25, -0.2) is 0 Å². The Morgan fingerprint density at radius 3 is 1.41 bits per heavy atom. The number of aromatic nitrogens is 1. The summed E-state index contributed by atoms with van der Waals surface area (Å²) >= 11 is 0. The summed E-state index contributed by atoms with van der Waals surface area (Å²) in [4.78, 5) is 0. The Labute approximate surface area is 283 Å². The third-order valence-electron chi connectivity index (χ3n) is 9.67. The van der Waals surface area contributed by atoms with Crippen LogP contribution in [0.2, 0.25) is 0 Å². The monoisotopic (exact) mass is 621 g/mol. The van der Waals surface area contributed by atoms with Crippen molar-refractivity contribution in [3.8, 4) is 51.2 Å². The quantitative estimate of drug-likeness (QED) is 0.184. The van der Waals surface area contributed by atoms with Crippen LogP contribution in [0.25, 0.3) is 82.4 Å². The molecule has 0 amide bonds. The van der Waals surface area contributed by atoms with E-state index in [-0.39, 0.29) is 0 Å². The molecule has 49 heavy (non-hydrogen) atoms. The molecule has 0 aliphatic heterocycles. The number of fused-ring (bicyclic) bond motifs is 5. The number of para-hydroxylation sites is 2. The number of hydrogen-bond acceptors (Lipinski definition) is 2. The number of nitrogens with zero attached hydrogens (tertiary/aromatic N) is 3. The molecule has 3 nitrogen and oxygen atoms in total. The topological polar surface area (TPSA) is 52.5 Å². The fourth-order valence-electron chi connectivity index (χ4n) is 7.57. The first-order valence-electron chi connectivity index (χ1n) is 16.3. The van der Waals surface area contributed by atoms with Crippen molar-refractivity contribution in [2.24, 2.45) is 0 Å². The van der Waals surface area contributed by atoms with E-state index in [1.807, 2.05) is 42.5 Å². The number of hydrogen-bond donors (Lipinski definition) is 0. The van der Waals surface area contributed by atoms with Gasteiger partial charge >= 0.3 is 0 Å². The van der Waals surface area contributed by atoms with Crippen LogP contribution >= 0.6 is 0 Å². The van der Waals surface area contributed by atoms with Gasteiger partial charge in [-0.15, -0.1) is 0 Å². The highest BCUT2D eigenvalue weighted by Crippen LogP contribution is 2.45. The molecule has 0 atom stereocenters. The molecule has 8 aromatic carbocycles. The van der Waals surface area contributed by atoms with Crippen molar-refractivity contribution >= 4 is 43.4 Å². The first-order chi connectivity index (χ1) is 24.2. The van der Waals surface area contributed by atoms with Crippen molar-refractivity contribution in [3.63, 3.8) is 0 Å². The van der Waals surface area contributed by atoms with Crippen molar-refractivity contribution < 1.29 is 0 Å². The van der Waals surface area contributed by atoms with E-state index in [9.17, 15) is 10.5 Å². The molecule has 0 saturated carbocycles. The lowest BCUT2D eigenvalue weighted by atomic mass is 9.84. The van der Waals surface area contributed by atoms with Crippen LogP contribution in [-0.2, 0) is 0 Å². The summed E-state index contributed by atoms with van der Waals surface area (Å²) in [6, 6.07) is 61.2. The normalized spacial score (nSPS) is 11.2. The van der Waals surface area contributed by atoms with Crippen LogP contribution in [0.5, 0.6) is 0 Å². The Hall–Kier alpha value is -6.94. The van der Waals surface area contributed by atoms with E-state index in [4.69, 9.17) is 0 Å². The highest BCUT2D eigenvalue weighted by Gasteiger charge is 2.19. The van der Waals surface area contributed by atoms with Crippen LogP contribution in [0.4, 0.5) is 0 Å². The zero-order valence-corrected chi connectivity index (χ0v) is 26.4. The largest absolute Gasteiger partial charge is 0.309 e. The smallest absolute Gasteiger partial charge is 0.0998 e. The van der Waals surface area contributed by atoms with Gasteiger partial charge in [0, 0.05) is 27.6 Å². The molecule has 9 rings (SSSR count). The van der Waals surface area contributed by atoms with Crippen molar-refractivity contribution in [2.75, 3.05) is 0 Å². The van der Waals surface area contributed by atoms with Gasteiger partial charge in [-0.2, -0.15) is 10.5 Å². The van der Waals surface area contributed by atoms with Crippen molar-refractivity contribution in [3.05, 3.63) is 175 Å². The zero-order chi connectivity index (χ0) is 32.9. The van der Waals surface area contributed by atoms with Gasteiger partial charge in [0.2, 0.25) is 0 Å². The molecular weight excluding hydrogens is 595 g/mol. The van der Waals surface area contributed by atoms with Crippen LogP contribution in [0.1, 0.15) is 11.1 Å². The van der Waals surface area contributed by atoms with Crippen LogP contribution in [0.3, 0.4) is 0 Å². The Balaban J connectivity index is 1.27. The van der Waals surface area contributed by atoms with Crippen LogP contribution in [-0.4, -0.2) is 4.57 Å². The lowest BCUT2D eigenvalue weighted by Crippen LogP contribution is -1.97. The molecule has 0 spiro atoms. The maximum atomic E-state index is 10.6. The van der Waals surface area contributed by atoms with Gasteiger partial charge < -0.3 is 4.57 Å². The van der Waals surface area contributed by atoms with E-state index in [0.717, 1.165) is 60.5 Å². The molecule has 3 heteroatoms. The molecule has 0 saturated heterocycles. The minimum absolute atomic E-state index is 0.516. The SMILES string of the molecule is N#Cc1cc(-n2c3ccccc3c3ccccc32)ccc1-c1cc(-c2c3ccccc3c(-c3ccccc3)c3ccccc23)ccc1C#N. The van der Waals surface area contributed by atoms with E-state index < -0.39 is 0 Å². The summed E-state index contributed by atoms with van der Waals surface area (Å²) in [6.45, 7) is 0. The van der Waals surface area contributed by atoms with Crippen LogP contribution < -0.4 is 0 Å². The molecule has 0 fully saturated rings. The third-order valence-corrected chi connectivity index (χ3v) is 9.67. The van der Waals surface area contributed by atoms with Crippen LogP contribution in [0, 0.1) is 22.7 Å². The maximum Gasteiger partial charge on any atom is 0.0998 e. The average Bonchev–Trinajstić information content (AvgIpc) is 3.51. The summed E-state index contributed by atoms with van der Waals surface area (Å²) in [7, 11) is 0. The minimum Gasteiger partial charge on any atom is -0.309 e. The van der Waals surface area contributed by atoms with Gasteiger partial charge in [0.05, 0.1) is 34.3 Å². The van der Waals surface area contributed by atoms with E-state index >= 15 is 0 Å². The molecular formula is C46H27N3. The maximum absolute atomic E-state index is 10.6. The van der Waals surface area contributed by atoms with E-state index in [2.05, 4.69) is 138 Å². The summed E-state index contributed by atoms with van der Waals surface area (Å²) < 4.78 is 2.21. The minimum atomic E-state index is 0.516. The first kappa shape index (κ1) is 28.3. The van der Waals surface area contributed by atoms with Gasteiger partial charge in [0.1, 0.15) is 0 Å². The van der Waals surface area contributed by atoms with E-state index in [1.54, 1.807) is 0 Å². The molecule has 226 valence electrons. The molecule has 1 aromatic heterocycles. The van der Waals surface area contributed by atoms with E-state index in [0.29, 0.717) is 11.1 Å². The van der Waals surface area contributed by atoms with Gasteiger partial charge in [0.25, 0.3) is 0 Å². The third kappa shape index (κ3) is 4.42. The highest BCUT2D eigenvalue weighted by molar-refractivity contribution is 6.21. The van der Waals surface area contributed by atoms with Crippen LogP contribution in [0.15, 0.2) is 164 Å². The number of benzene rings is 8. The standard InChI is InChI=1S/C46H27N3/c47-28-32-23-22-31(46-40-18-6-4-16-38(40)45(30-12-2-1-3-13-30)39-17-5-7-19-41(39)46)27-42(32)35-25-24-34(26-33(35)29-48)49-43-20-10-8-14-36(43)37-15-9-11-21-44(37)49/h1-27H. The van der Waals surface area contributed by atoms with E-state index in [1.165, 1.54) is 21.9 Å². The predicted octanol–water partition coefficient (Wildman–Crippen LogP) is 11.8. The van der Waals surface area contributed by atoms with Gasteiger partial charge in [-0.05, 0) is 80.2 Å². The molecule has 1 heterocycles. The molecule has 0 unspecified atom stereocenters. The highest BCUT2D eigenvalue weighted by atomic mass is 15.0. The Kier molecular flexibility index (Phi) is 6.58. The second-order valence-corrected chi connectivity index (χ2v) is 12.3. The van der Waals surface area contributed by atoms with Crippen molar-refractivity contribution in [1.82, 2.24) is 4.57 Å². The summed E-state index contributed by atoms with van der Waals surface area (Å²) in [5.74, 6) is 0. The lowest BCUT2D eigenvalue weighted by molar-refractivity contribution is 1.18. The van der Waals surface area contributed by atoms with Gasteiger partial charge in [-0.3, -0.25) is 0 Å². The summed E-state index contributed by atoms with van der Waals surface area (Å²) in [6.07, 6.45) is 0. The summed E-state index contributed by atoms with van der Waals surface area (Å²) in [5, 5.41) is 27.8. The molecule has 0 N–H and O–H groups in total. The molecule has 9 aromatic rings. The van der Waals surface area contributed by atoms with Gasteiger partial charge in [0.15, 0.2) is 0 Å². The first-order valence-corrected chi connectivity index (χ1v) is 16.3. The molecule has 0 radical (unpaired) electrons. The average molecular weight is 622 g/mol. The molecule has 0 aliphatic rings. The summed E-state index contributed by atoms with van der Waals surface area (Å²) in [5.41, 5.74) is 10.1. The Morgan fingerprint density at radius 2 is 0.857 bits per heavy atom. The van der Waals surface area contributed by atoms with Crippen molar-refractivity contribution in [2.45, 2.75) is 0 Å². The fraction of sp³-hybridized carbons (Fsp3) is 0. The predicted molar refractivity (Wildman–Crippen MR) is 202 cm³/mol. The zero-order valence-electron chi connectivity index (χ0n) is 26.4. The van der Waals surface area contributed by atoms with Gasteiger partial charge in [-0.1, -0.05) is 127 Å². The Morgan fingerprint density at radius 1 is 0.367 bits per heavy atom. The fourth-order valence-corrected chi connectivity index (χ4v) is 7.57. The molecule has 0 bridgehead atoms. The molecule has 0 aliphatic carbocycles. The van der Waals surface area contributed by atoms with Crippen molar-refractivity contribution in [1.29, 1.82) is 10.5 Å². The Bertz CT molecular complexity index is 2740. The number of rotatable bonds is 4. The lowest BCUT2D eigenvalue weighted by Gasteiger charge is -2.18. The second-order valence-electron chi connectivity index (χ2n) is 12.3. The number of nitriles is 2. The second kappa shape index (κ2) is 11.4.